The van der Waals surface area contributed by atoms with E-state index in [1.807, 2.05) is 13.0 Å². The van der Waals surface area contributed by atoms with Crippen LogP contribution in [0.1, 0.15) is 21.5 Å². The maximum Gasteiger partial charge on any atom is 0.206 e. The lowest BCUT2D eigenvalue weighted by molar-refractivity contribution is -0.298. The van der Waals surface area contributed by atoms with E-state index in [-0.39, 0.29) is 0 Å². The Labute approximate surface area is 109 Å². The molecule has 0 saturated heterocycles. The van der Waals surface area contributed by atoms with Crippen molar-refractivity contribution in [2.24, 2.45) is 0 Å². The number of aliphatic carboxylic acids is 1. The Balaban J connectivity index is 3.26. The summed E-state index contributed by atoms with van der Waals surface area (Å²) in [6, 6.07) is 5.21. The molecule has 0 aliphatic rings. The molecule has 1 rings (SSSR count). The first-order valence-corrected chi connectivity index (χ1v) is 5.48. The number of ketones is 1. The van der Waals surface area contributed by atoms with Gasteiger partial charge in [-0.15, -0.1) is 0 Å². The summed E-state index contributed by atoms with van der Waals surface area (Å²) in [7, 11) is 0. The van der Waals surface area contributed by atoms with Crippen LogP contribution in [0, 0.1) is 13.8 Å². The third-order valence-electron chi connectivity index (χ3n) is 2.21. The number of carbonyl (C=O) groups excluding carboxylic acids is 2. The summed E-state index contributed by atoms with van der Waals surface area (Å²) in [5.74, 6) is -2.29. The first-order valence-electron chi connectivity index (χ1n) is 4.73. The molecule has 90 valence electrons. The molecular formula is C12H9Cl2O3-. The van der Waals surface area contributed by atoms with Crippen LogP contribution < -0.4 is 5.11 Å². The molecule has 0 heterocycles. The fraction of sp³-hybridized carbons (Fsp3) is 0.167. The zero-order valence-corrected chi connectivity index (χ0v) is 10.7. The van der Waals surface area contributed by atoms with Crippen molar-refractivity contribution in [1.29, 1.82) is 0 Å². The first kappa shape index (κ1) is 13.7. The number of rotatable bonds is 3. The zero-order chi connectivity index (χ0) is 13.2. The smallest absolute Gasteiger partial charge is 0.206 e. The Morgan fingerprint density at radius 2 is 1.71 bits per heavy atom. The Bertz CT molecular complexity index is 518. The van der Waals surface area contributed by atoms with Gasteiger partial charge in [0.05, 0.1) is 11.0 Å². The van der Waals surface area contributed by atoms with E-state index in [1.54, 1.807) is 19.1 Å². The maximum atomic E-state index is 11.9. The van der Waals surface area contributed by atoms with Gasteiger partial charge in [-0.05, 0) is 25.5 Å². The van der Waals surface area contributed by atoms with E-state index < -0.39 is 21.8 Å². The van der Waals surface area contributed by atoms with Crippen molar-refractivity contribution in [2.75, 3.05) is 0 Å². The lowest BCUT2D eigenvalue weighted by Crippen LogP contribution is -2.23. The molecule has 0 atom stereocenters. The normalized spacial score (nSPS) is 12.0. The van der Waals surface area contributed by atoms with E-state index in [2.05, 4.69) is 0 Å². The molecule has 5 heteroatoms. The van der Waals surface area contributed by atoms with Gasteiger partial charge in [-0.25, -0.2) is 0 Å². The van der Waals surface area contributed by atoms with E-state index in [1.165, 1.54) is 0 Å². The van der Waals surface area contributed by atoms with Gasteiger partial charge in [-0.2, -0.15) is 0 Å². The number of Topliss-reactive ketones (excluding diaryl/α,β-unsaturated/α-hetero) is 1. The fourth-order valence-electron chi connectivity index (χ4n) is 1.29. The zero-order valence-electron chi connectivity index (χ0n) is 9.21. The molecule has 1 aromatic carbocycles. The van der Waals surface area contributed by atoms with E-state index in [9.17, 15) is 14.7 Å². The SMILES string of the molecule is Cc1ccc(C)c(C(=O)/C(Cl)=C(\Cl)C(=O)[O-])c1. The number of benzene rings is 1. The highest BCUT2D eigenvalue weighted by molar-refractivity contribution is 6.54. The lowest BCUT2D eigenvalue weighted by Gasteiger charge is -2.07. The molecule has 0 unspecified atom stereocenters. The number of halogens is 2. The second-order valence-electron chi connectivity index (χ2n) is 3.56. The highest BCUT2D eigenvalue weighted by Crippen LogP contribution is 2.21. The Kier molecular flexibility index (Phi) is 4.32. The number of carbonyl (C=O) groups is 2. The van der Waals surface area contributed by atoms with E-state index >= 15 is 0 Å². The van der Waals surface area contributed by atoms with Crippen LogP contribution >= 0.6 is 23.2 Å². The Morgan fingerprint density at radius 1 is 1.12 bits per heavy atom. The molecule has 1 aromatic rings. The van der Waals surface area contributed by atoms with Crippen LogP contribution in [0.4, 0.5) is 0 Å². The average Bonchev–Trinajstić information content (AvgIpc) is 2.29. The van der Waals surface area contributed by atoms with E-state index in [0.717, 1.165) is 5.56 Å². The number of carboxylic acid groups (broad SMARTS) is 1. The van der Waals surface area contributed by atoms with Crippen LogP contribution in [-0.4, -0.2) is 11.8 Å². The van der Waals surface area contributed by atoms with Gasteiger partial charge in [0, 0.05) is 5.56 Å². The predicted octanol–water partition coefficient (Wildman–Crippen LogP) is 1.93. The molecule has 0 amide bonds. The minimum absolute atomic E-state index is 0.328. The maximum absolute atomic E-state index is 11.9. The number of carboxylic acids is 1. The third-order valence-corrected chi connectivity index (χ3v) is 3.01. The molecule has 0 aliphatic carbocycles. The van der Waals surface area contributed by atoms with Gasteiger partial charge < -0.3 is 9.90 Å². The summed E-state index contributed by atoms with van der Waals surface area (Å²) in [5.41, 5.74) is 1.89. The molecule has 0 spiro atoms. The van der Waals surface area contributed by atoms with Gasteiger partial charge in [-0.1, -0.05) is 40.9 Å². The van der Waals surface area contributed by atoms with Crippen LogP contribution in [-0.2, 0) is 4.79 Å². The Morgan fingerprint density at radius 3 is 2.24 bits per heavy atom. The van der Waals surface area contributed by atoms with Crippen LogP contribution in [0.15, 0.2) is 28.3 Å². The van der Waals surface area contributed by atoms with Gasteiger partial charge in [0.15, 0.2) is 0 Å². The van der Waals surface area contributed by atoms with Crippen LogP contribution in [0.25, 0.3) is 0 Å². The highest BCUT2D eigenvalue weighted by Gasteiger charge is 2.17. The quantitative estimate of drug-likeness (QED) is 0.624. The van der Waals surface area contributed by atoms with Crippen molar-refractivity contribution in [1.82, 2.24) is 0 Å². The molecule has 3 nitrogen and oxygen atoms in total. The molecule has 0 radical (unpaired) electrons. The van der Waals surface area contributed by atoms with Crippen LogP contribution in [0.5, 0.6) is 0 Å². The number of hydrogen-bond donors (Lipinski definition) is 0. The number of hydrogen-bond acceptors (Lipinski definition) is 3. The van der Waals surface area contributed by atoms with Gasteiger partial charge >= 0.3 is 0 Å². The largest absolute Gasteiger partial charge is 0.544 e. The molecule has 0 N–H and O–H groups in total. The first-order chi connectivity index (χ1) is 7.84. The standard InChI is InChI=1S/C12H10Cl2O3/c1-6-3-4-7(2)8(5-6)11(15)9(13)10(14)12(16)17/h3-5H,1-2H3,(H,16,17)/p-1/b10-9+. The average molecular weight is 272 g/mol. The van der Waals surface area contributed by atoms with Gasteiger partial charge in [0.25, 0.3) is 0 Å². The lowest BCUT2D eigenvalue weighted by atomic mass is 10.0. The van der Waals surface area contributed by atoms with Gasteiger partial charge in [0.1, 0.15) is 5.03 Å². The van der Waals surface area contributed by atoms with Crippen molar-refractivity contribution in [3.63, 3.8) is 0 Å². The van der Waals surface area contributed by atoms with Crippen LogP contribution in [0.3, 0.4) is 0 Å². The van der Waals surface area contributed by atoms with Gasteiger partial charge in [0.2, 0.25) is 5.78 Å². The van der Waals surface area contributed by atoms with Crippen molar-refractivity contribution in [2.45, 2.75) is 13.8 Å². The number of aryl methyl sites for hydroxylation is 2. The summed E-state index contributed by atoms with van der Waals surface area (Å²) in [4.78, 5) is 22.4. The Hall–Kier alpha value is -1.32. The number of allylic oxidation sites excluding steroid dienone is 1. The predicted molar refractivity (Wildman–Crippen MR) is 64.0 cm³/mol. The second-order valence-corrected chi connectivity index (χ2v) is 4.32. The molecule has 0 fully saturated rings. The van der Waals surface area contributed by atoms with Crippen molar-refractivity contribution >= 4 is 35.0 Å². The molecule has 0 aromatic heterocycles. The molecular weight excluding hydrogens is 263 g/mol. The van der Waals surface area contributed by atoms with Gasteiger partial charge in [-0.3, -0.25) is 4.79 Å². The summed E-state index contributed by atoms with van der Waals surface area (Å²) in [6.07, 6.45) is 0. The van der Waals surface area contributed by atoms with Crippen molar-refractivity contribution in [3.8, 4) is 0 Å². The molecule has 0 aliphatic heterocycles. The third kappa shape index (κ3) is 3.08. The monoisotopic (exact) mass is 271 g/mol. The summed E-state index contributed by atoms with van der Waals surface area (Å²) in [6.45, 7) is 3.54. The summed E-state index contributed by atoms with van der Waals surface area (Å²) >= 11 is 11.0. The summed E-state index contributed by atoms with van der Waals surface area (Å²) < 4.78 is 0. The van der Waals surface area contributed by atoms with E-state index in [0.29, 0.717) is 11.1 Å². The second kappa shape index (κ2) is 5.34. The fourth-order valence-corrected chi connectivity index (χ4v) is 1.55. The highest BCUT2D eigenvalue weighted by atomic mass is 35.5. The molecule has 0 saturated carbocycles. The minimum Gasteiger partial charge on any atom is -0.544 e. The topological polar surface area (TPSA) is 57.2 Å². The van der Waals surface area contributed by atoms with Crippen molar-refractivity contribution < 1.29 is 14.7 Å². The molecule has 17 heavy (non-hydrogen) atoms. The van der Waals surface area contributed by atoms with E-state index in [4.69, 9.17) is 23.2 Å². The summed E-state index contributed by atoms with van der Waals surface area (Å²) in [5, 5.41) is 9.17. The van der Waals surface area contributed by atoms with Crippen LogP contribution in [0.2, 0.25) is 0 Å². The molecule has 0 bridgehead atoms. The van der Waals surface area contributed by atoms with Crippen molar-refractivity contribution in [3.05, 3.63) is 45.0 Å². The minimum atomic E-state index is -1.67.